The number of alkyl carbamates (subject to hydrolysis) is 1. The Morgan fingerprint density at radius 3 is 2.62 bits per heavy atom. The van der Waals surface area contributed by atoms with Gasteiger partial charge in [-0.15, -0.1) is 0 Å². The number of ether oxygens (including phenoxy) is 3. The van der Waals surface area contributed by atoms with E-state index in [2.05, 4.69) is 21.6 Å². The van der Waals surface area contributed by atoms with E-state index in [1.807, 2.05) is 44.7 Å². The van der Waals surface area contributed by atoms with E-state index in [0.717, 1.165) is 18.4 Å². The van der Waals surface area contributed by atoms with Crippen molar-refractivity contribution < 1.29 is 28.6 Å². The molecule has 1 aliphatic heterocycles. The van der Waals surface area contributed by atoms with Gasteiger partial charge >= 0.3 is 12.2 Å². The van der Waals surface area contributed by atoms with Crippen LogP contribution in [0.4, 0.5) is 9.59 Å². The number of aromatic nitrogens is 1. The Hall–Kier alpha value is -3.40. The average molecular weight is 515 g/mol. The number of rotatable bonds is 8. The molecule has 1 unspecified atom stereocenters. The molecule has 10 nitrogen and oxygen atoms in total. The summed E-state index contributed by atoms with van der Waals surface area (Å²) in [5, 5.41) is 2.59. The predicted molar refractivity (Wildman–Crippen MR) is 140 cm³/mol. The molecule has 2 aliphatic rings. The molecule has 2 fully saturated rings. The number of hydrogen-bond donors (Lipinski definition) is 1. The second-order valence-corrected chi connectivity index (χ2v) is 10.2. The number of morpholine rings is 1. The van der Waals surface area contributed by atoms with Gasteiger partial charge in [0.25, 0.3) is 5.91 Å². The summed E-state index contributed by atoms with van der Waals surface area (Å²) in [5.41, 5.74) is 1.65. The molecule has 1 aromatic rings. The van der Waals surface area contributed by atoms with Crippen LogP contribution >= 0.6 is 0 Å². The van der Waals surface area contributed by atoms with Gasteiger partial charge in [0.05, 0.1) is 37.7 Å². The molecule has 202 valence electrons. The van der Waals surface area contributed by atoms with Crippen molar-refractivity contribution in [3.05, 3.63) is 41.7 Å². The maximum Gasteiger partial charge on any atom is 0.410 e. The molecular formula is C27H38N4O6. The monoisotopic (exact) mass is 514 g/mol. The summed E-state index contributed by atoms with van der Waals surface area (Å²) in [7, 11) is 1.31. The van der Waals surface area contributed by atoms with Gasteiger partial charge in [-0.05, 0) is 70.4 Å². The van der Waals surface area contributed by atoms with Crippen molar-refractivity contribution in [2.45, 2.75) is 64.3 Å². The fraction of sp³-hybridized carbons (Fsp3) is 0.556. The van der Waals surface area contributed by atoms with Gasteiger partial charge in [-0.1, -0.05) is 12.7 Å². The molecule has 2 atom stereocenters. The van der Waals surface area contributed by atoms with Crippen molar-refractivity contribution in [1.29, 1.82) is 0 Å². The minimum absolute atomic E-state index is 0.117. The molecule has 1 aromatic heterocycles. The standard InChI is InChI=1S/C27H38N4O6/c1-7-20-15-19(16-21(29-20)9-8-12-28-25(33)35-6)18(2)31(22-10-11-22)24(32)23-17-30(13-14-36-23)26(34)37-27(3,4)5/h7-9,15-16,18,22-23H,1,10-14,17H2,2-6H3,(H,28,33)/b9-8+/t18?,23-/m1/s1. The lowest BCUT2D eigenvalue weighted by Gasteiger charge is -2.38. The topological polar surface area (TPSA) is 110 Å². The first-order valence-corrected chi connectivity index (χ1v) is 12.6. The van der Waals surface area contributed by atoms with Crippen LogP contribution in [0, 0.1) is 0 Å². The normalized spacial score (nSPS) is 18.7. The number of amides is 3. The van der Waals surface area contributed by atoms with Crippen LogP contribution in [0.5, 0.6) is 0 Å². The first-order chi connectivity index (χ1) is 17.5. The third kappa shape index (κ3) is 8.04. The molecule has 3 amide bonds. The summed E-state index contributed by atoms with van der Waals surface area (Å²) in [6.45, 7) is 12.4. The molecule has 1 aliphatic carbocycles. The van der Waals surface area contributed by atoms with Crippen molar-refractivity contribution in [1.82, 2.24) is 20.1 Å². The van der Waals surface area contributed by atoms with E-state index >= 15 is 0 Å². The van der Waals surface area contributed by atoms with Crippen molar-refractivity contribution >= 4 is 30.2 Å². The highest BCUT2D eigenvalue weighted by atomic mass is 16.6. The molecule has 1 saturated heterocycles. The van der Waals surface area contributed by atoms with Gasteiger partial charge in [0.1, 0.15) is 5.60 Å². The van der Waals surface area contributed by atoms with E-state index in [1.54, 1.807) is 23.1 Å². The number of carbonyl (C=O) groups is 3. The lowest BCUT2D eigenvalue weighted by atomic mass is 10.0. The molecule has 0 radical (unpaired) electrons. The first kappa shape index (κ1) is 28.2. The molecule has 3 rings (SSSR count). The van der Waals surface area contributed by atoms with Crippen LogP contribution in [0.1, 0.15) is 63.5 Å². The molecule has 1 saturated carbocycles. The van der Waals surface area contributed by atoms with Crippen LogP contribution in [0.15, 0.2) is 24.8 Å². The molecule has 0 spiro atoms. The van der Waals surface area contributed by atoms with Gasteiger partial charge in [-0.25, -0.2) is 14.6 Å². The van der Waals surface area contributed by atoms with Gasteiger partial charge in [0, 0.05) is 19.1 Å². The summed E-state index contributed by atoms with van der Waals surface area (Å²) in [4.78, 5) is 45.5. The van der Waals surface area contributed by atoms with Gasteiger partial charge in [0.2, 0.25) is 0 Å². The first-order valence-electron chi connectivity index (χ1n) is 12.6. The SMILES string of the molecule is C=Cc1cc(C(C)N(C(=O)[C@H]2CN(C(=O)OC(C)(C)C)CCO2)C2CC2)cc(/C=C/CNC(=O)OC)n1. The summed E-state index contributed by atoms with van der Waals surface area (Å²) < 4.78 is 15.9. The van der Waals surface area contributed by atoms with Gasteiger partial charge in [0.15, 0.2) is 6.10 Å². The maximum absolute atomic E-state index is 13.7. The fourth-order valence-electron chi connectivity index (χ4n) is 4.08. The minimum atomic E-state index is -0.756. The number of pyridine rings is 1. The molecule has 2 heterocycles. The quantitative estimate of drug-likeness (QED) is 0.562. The van der Waals surface area contributed by atoms with Crippen molar-refractivity contribution in [3.63, 3.8) is 0 Å². The molecule has 10 heteroatoms. The van der Waals surface area contributed by atoms with E-state index in [0.29, 0.717) is 17.9 Å². The highest BCUT2D eigenvalue weighted by Crippen LogP contribution is 2.36. The Morgan fingerprint density at radius 2 is 2.00 bits per heavy atom. The summed E-state index contributed by atoms with van der Waals surface area (Å²) in [6.07, 6.45) is 5.36. The highest BCUT2D eigenvalue weighted by Gasteiger charge is 2.42. The number of nitrogens with zero attached hydrogens (tertiary/aromatic N) is 3. The van der Waals surface area contributed by atoms with E-state index < -0.39 is 23.9 Å². The predicted octanol–water partition coefficient (Wildman–Crippen LogP) is 3.78. The summed E-state index contributed by atoms with van der Waals surface area (Å²) in [6, 6.07) is 3.71. The molecule has 0 bridgehead atoms. The summed E-state index contributed by atoms with van der Waals surface area (Å²) >= 11 is 0. The smallest absolute Gasteiger partial charge is 0.410 e. The lowest BCUT2D eigenvalue weighted by molar-refractivity contribution is -0.151. The van der Waals surface area contributed by atoms with Gasteiger partial charge in [-0.2, -0.15) is 0 Å². The Kier molecular flexibility index (Phi) is 9.31. The Morgan fingerprint density at radius 1 is 1.30 bits per heavy atom. The third-order valence-electron chi connectivity index (χ3n) is 6.02. The second kappa shape index (κ2) is 12.2. The summed E-state index contributed by atoms with van der Waals surface area (Å²) in [5.74, 6) is -0.139. The van der Waals surface area contributed by atoms with Crippen molar-refractivity contribution in [2.75, 3.05) is 33.4 Å². The van der Waals surface area contributed by atoms with Crippen LogP contribution in [-0.2, 0) is 19.0 Å². The molecular weight excluding hydrogens is 476 g/mol. The van der Waals surface area contributed by atoms with E-state index in [4.69, 9.17) is 9.47 Å². The fourth-order valence-corrected chi connectivity index (χ4v) is 4.08. The van der Waals surface area contributed by atoms with Crippen LogP contribution in [0.3, 0.4) is 0 Å². The van der Waals surface area contributed by atoms with Gasteiger partial charge in [-0.3, -0.25) is 4.79 Å². The number of hydrogen-bond acceptors (Lipinski definition) is 7. The van der Waals surface area contributed by atoms with E-state index in [1.165, 1.54) is 7.11 Å². The highest BCUT2D eigenvalue weighted by molar-refractivity contribution is 5.83. The minimum Gasteiger partial charge on any atom is -0.453 e. The van der Waals surface area contributed by atoms with E-state index in [9.17, 15) is 14.4 Å². The Bertz CT molecular complexity index is 1030. The van der Waals surface area contributed by atoms with Crippen LogP contribution in [-0.4, -0.2) is 84.0 Å². The van der Waals surface area contributed by atoms with Crippen LogP contribution < -0.4 is 5.32 Å². The zero-order chi connectivity index (χ0) is 27.2. The van der Waals surface area contributed by atoms with Crippen LogP contribution in [0.2, 0.25) is 0 Å². The Labute approximate surface area is 218 Å². The average Bonchev–Trinajstić information content (AvgIpc) is 3.70. The largest absolute Gasteiger partial charge is 0.453 e. The molecule has 1 N–H and O–H groups in total. The van der Waals surface area contributed by atoms with Crippen LogP contribution in [0.25, 0.3) is 12.2 Å². The maximum atomic E-state index is 13.7. The molecule has 0 aromatic carbocycles. The number of carbonyl (C=O) groups excluding carboxylic acids is 3. The second-order valence-electron chi connectivity index (χ2n) is 10.2. The van der Waals surface area contributed by atoms with Crippen molar-refractivity contribution in [2.24, 2.45) is 0 Å². The van der Waals surface area contributed by atoms with Gasteiger partial charge < -0.3 is 29.3 Å². The zero-order valence-corrected chi connectivity index (χ0v) is 22.4. The van der Waals surface area contributed by atoms with Crippen molar-refractivity contribution in [3.8, 4) is 0 Å². The Balaban J connectivity index is 1.76. The molecule has 37 heavy (non-hydrogen) atoms. The number of methoxy groups -OCH3 is 1. The van der Waals surface area contributed by atoms with E-state index in [-0.39, 0.29) is 37.7 Å². The lowest BCUT2D eigenvalue weighted by Crippen LogP contribution is -2.54. The third-order valence-corrected chi connectivity index (χ3v) is 6.02. The zero-order valence-electron chi connectivity index (χ0n) is 22.4. The number of nitrogens with one attached hydrogen (secondary N) is 1.